The predicted octanol–water partition coefficient (Wildman–Crippen LogP) is 3.14. The van der Waals surface area contributed by atoms with Gasteiger partial charge in [0.15, 0.2) is 0 Å². The second-order valence-electron chi connectivity index (χ2n) is 7.96. The van der Waals surface area contributed by atoms with E-state index >= 15 is 0 Å². The number of para-hydroxylation sites is 1. The lowest BCUT2D eigenvalue weighted by atomic mass is 10.0. The number of benzene rings is 2. The van der Waals surface area contributed by atoms with Gasteiger partial charge in [0, 0.05) is 62.4 Å². The van der Waals surface area contributed by atoms with Crippen LogP contribution in [-0.2, 0) is 16.8 Å². The van der Waals surface area contributed by atoms with Crippen molar-refractivity contribution < 1.29 is 8.42 Å². The van der Waals surface area contributed by atoms with Gasteiger partial charge in [0.1, 0.15) is 0 Å². The Hall–Kier alpha value is -2.55. The van der Waals surface area contributed by atoms with E-state index in [1.165, 1.54) is 30.7 Å². The Kier molecular flexibility index (Phi) is 5.99. The Balaban J connectivity index is 1.28. The molecule has 0 aliphatic carbocycles. The molecule has 1 aromatic heterocycles. The number of rotatable bonds is 7. The summed E-state index contributed by atoms with van der Waals surface area (Å²) in [7, 11) is -0.461. The van der Waals surface area contributed by atoms with Gasteiger partial charge in [0.2, 0.25) is 0 Å². The van der Waals surface area contributed by atoms with Crippen LogP contribution in [0, 0.1) is 0 Å². The van der Waals surface area contributed by atoms with Gasteiger partial charge in [-0.05, 0) is 54.6 Å². The van der Waals surface area contributed by atoms with E-state index in [2.05, 4.69) is 50.3 Å². The molecular weight excluding hydrogens is 398 g/mol. The van der Waals surface area contributed by atoms with Crippen LogP contribution in [0.1, 0.15) is 18.5 Å². The summed E-state index contributed by atoms with van der Waals surface area (Å²) in [5.74, 6) is 0. The van der Waals surface area contributed by atoms with E-state index in [1.807, 2.05) is 24.3 Å². The maximum absolute atomic E-state index is 11.9. The summed E-state index contributed by atoms with van der Waals surface area (Å²) in [6.07, 6.45) is 2.16. The molecule has 3 N–H and O–H groups in total. The van der Waals surface area contributed by atoms with Crippen LogP contribution in [0.5, 0.6) is 0 Å². The predicted molar refractivity (Wildman–Crippen MR) is 123 cm³/mol. The zero-order valence-corrected chi connectivity index (χ0v) is 18.2. The van der Waals surface area contributed by atoms with Gasteiger partial charge in [-0.3, -0.25) is 4.72 Å². The van der Waals surface area contributed by atoms with Gasteiger partial charge in [0.25, 0.3) is 0 Å². The largest absolute Gasteiger partial charge is 0.371 e. The molecule has 0 amide bonds. The van der Waals surface area contributed by atoms with E-state index in [0.717, 1.165) is 42.5 Å². The van der Waals surface area contributed by atoms with Crippen LogP contribution >= 0.6 is 0 Å². The van der Waals surface area contributed by atoms with Crippen molar-refractivity contribution in [1.29, 1.82) is 0 Å². The summed E-state index contributed by atoms with van der Waals surface area (Å²) >= 11 is 0. The molecule has 30 heavy (non-hydrogen) atoms. The zero-order valence-electron chi connectivity index (χ0n) is 17.4. The molecule has 0 bridgehead atoms. The van der Waals surface area contributed by atoms with Gasteiger partial charge >= 0.3 is 10.2 Å². The van der Waals surface area contributed by atoms with Crippen LogP contribution in [0.25, 0.3) is 10.9 Å². The Morgan fingerprint density at radius 2 is 1.77 bits per heavy atom. The van der Waals surface area contributed by atoms with Gasteiger partial charge < -0.3 is 15.2 Å². The van der Waals surface area contributed by atoms with Crippen molar-refractivity contribution in [3.8, 4) is 0 Å². The van der Waals surface area contributed by atoms with Crippen molar-refractivity contribution in [2.45, 2.75) is 25.4 Å². The molecule has 0 unspecified atom stereocenters. The minimum Gasteiger partial charge on any atom is -0.371 e. The standard InChI is InChI=1S/C22H29N5O2S/c1-26(2)30(28,29)25-19-7-9-21(10-8-19)27-13-11-18(12-14-27)23-16-20-15-17-5-3-4-6-22(17)24-20/h3-10,15,18,23-25H,11-14,16H2,1-2H3. The molecule has 1 saturated heterocycles. The highest BCUT2D eigenvalue weighted by atomic mass is 32.2. The van der Waals surface area contributed by atoms with Crippen LogP contribution in [0.3, 0.4) is 0 Å². The fraction of sp³-hybridized carbons (Fsp3) is 0.364. The normalized spacial score (nSPS) is 15.8. The van der Waals surface area contributed by atoms with Crippen LogP contribution in [0.4, 0.5) is 11.4 Å². The highest BCUT2D eigenvalue weighted by Gasteiger charge is 2.19. The molecule has 1 aliphatic heterocycles. The van der Waals surface area contributed by atoms with Crippen molar-refractivity contribution >= 4 is 32.5 Å². The third kappa shape index (κ3) is 4.77. The van der Waals surface area contributed by atoms with Crippen molar-refractivity contribution in [3.05, 3.63) is 60.3 Å². The third-order valence-corrected chi connectivity index (χ3v) is 7.08. The lowest BCUT2D eigenvalue weighted by Crippen LogP contribution is -2.42. The topological polar surface area (TPSA) is 80.5 Å². The summed E-state index contributed by atoms with van der Waals surface area (Å²) in [5, 5.41) is 4.93. The number of aromatic nitrogens is 1. The van der Waals surface area contributed by atoms with E-state index in [4.69, 9.17) is 0 Å². The molecular formula is C22H29N5O2S. The molecule has 0 radical (unpaired) electrons. The minimum atomic E-state index is -3.48. The molecule has 0 spiro atoms. The maximum atomic E-state index is 11.9. The number of hydrogen-bond acceptors (Lipinski definition) is 4. The Labute approximate surface area is 178 Å². The Bertz CT molecular complexity index is 1050. The number of nitrogens with zero attached hydrogens (tertiary/aromatic N) is 2. The molecule has 2 heterocycles. The van der Waals surface area contributed by atoms with E-state index in [0.29, 0.717) is 11.7 Å². The number of fused-ring (bicyclic) bond motifs is 1. The number of H-pyrrole nitrogens is 1. The van der Waals surface area contributed by atoms with Crippen molar-refractivity contribution in [1.82, 2.24) is 14.6 Å². The van der Waals surface area contributed by atoms with E-state index in [1.54, 1.807) is 0 Å². The summed E-state index contributed by atoms with van der Waals surface area (Å²) in [4.78, 5) is 5.83. The van der Waals surface area contributed by atoms with Crippen LogP contribution in [0.2, 0.25) is 0 Å². The van der Waals surface area contributed by atoms with Gasteiger partial charge in [-0.1, -0.05) is 18.2 Å². The SMILES string of the molecule is CN(C)S(=O)(=O)Nc1ccc(N2CCC(NCc3cc4ccccc4[nH]3)CC2)cc1. The van der Waals surface area contributed by atoms with Crippen LogP contribution in [0.15, 0.2) is 54.6 Å². The summed E-state index contributed by atoms with van der Waals surface area (Å²) in [5.41, 5.74) is 4.09. The Morgan fingerprint density at radius 3 is 2.43 bits per heavy atom. The van der Waals surface area contributed by atoms with E-state index < -0.39 is 10.2 Å². The first-order valence-corrected chi connectivity index (χ1v) is 11.7. The average molecular weight is 428 g/mol. The monoisotopic (exact) mass is 427 g/mol. The number of anilines is 2. The second-order valence-corrected chi connectivity index (χ2v) is 9.84. The first-order valence-electron chi connectivity index (χ1n) is 10.3. The molecule has 1 aliphatic rings. The third-order valence-electron chi connectivity index (χ3n) is 5.62. The summed E-state index contributed by atoms with van der Waals surface area (Å²) < 4.78 is 27.6. The fourth-order valence-corrected chi connectivity index (χ4v) is 4.42. The van der Waals surface area contributed by atoms with E-state index in [9.17, 15) is 8.42 Å². The highest BCUT2D eigenvalue weighted by Crippen LogP contribution is 2.23. The minimum absolute atomic E-state index is 0.499. The molecule has 0 atom stereocenters. The van der Waals surface area contributed by atoms with Gasteiger partial charge in [-0.2, -0.15) is 12.7 Å². The molecule has 1 fully saturated rings. The smallest absolute Gasteiger partial charge is 0.301 e. The van der Waals surface area contributed by atoms with Crippen molar-refractivity contribution in [3.63, 3.8) is 0 Å². The number of aromatic amines is 1. The van der Waals surface area contributed by atoms with Gasteiger partial charge in [-0.25, -0.2) is 0 Å². The molecule has 3 aromatic rings. The average Bonchev–Trinajstić information content (AvgIpc) is 3.16. The fourth-order valence-electron chi connectivity index (χ4n) is 3.81. The second kappa shape index (κ2) is 8.67. The molecule has 0 saturated carbocycles. The van der Waals surface area contributed by atoms with Gasteiger partial charge in [0.05, 0.1) is 0 Å². The van der Waals surface area contributed by atoms with Crippen LogP contribution < -0.4 is 14.9 Å². The number of piperidine rings is 1. The Morgan fingerprint density at radius 1 is 1.07 bits per heavy atom. The molecule has 4 rings (SSSR count). The number of nitrogens with one attached hydrogen (secondary N) is 3. The summed E-state index contributed by atoms with van der Waals surface area (Å²) in [6, 6.07) is 18.6. The number of hydrogen-bond donors (Lipinski definition) is 3. The molecule has 7 nitrogen and oxygen atoms in total. The van der Waals surface area contributed by atoms with E-state index in [-0.39, 0.29) is 0 Å². The highest BCUT2D eigenvalue weighted by molar-refractivity contribution is 7.90. The molecule has 8 heteroatoms. The quantitative estimate of drug-likeness (QED) is 0.541. The zero-order chi connectivity index (χ0) is 21.1. The summed E-state index contributed by atoms with van der Waals surface area (Å²) in [6.45, 7) is 2.81. The first kappa shape index (κ1) is 20.7. The molecule has 2 aromatic carbocycles. The lowest BCUT2D eigenvalue weighted by Gasteiger charge is -2.34. The molecule has 160 valence electrons. The van der Waals surface area contributed by atoms with Crippen LogP contribution in [-0.4, -0.2) is 50.9 Å². The lowest BCUT2D eigenvalue weighted by molar-refractivity contribution is 0.412. The van der Waals surface area contributed by atoms with Crippen molar-refractivity contribution in [2.75, 3.05) is 36.8 Å². The van der Waals surface area contributed by atoms with Gasteiger partial charge in [-0.15, -0.1) is 0 Å². The maximum Gasteiger partial charge on any atom is 0.301 e. The van der Waals surface area contributed by atoms with Crippen molar-refractivity contribution in [2.24, 2.45) is 0 Å². The first-order chi connectivity index (χ1) is 14.4.